The molecule has 1 aromatic rings. The van der Waals surface area contributed by atoms with E-state index < -0.39 is 10.0 Å². The maximum Gasteiger partial charge on any atom is 0.243 e. The Morgan fingerprint density at radius 2 is 1.61 bits per heavy atom. The molecule has 0 aromatic heterocycles. The molecule has 156 valence electrons. The van der Waals surface area contributed by atoms with Gasteiger partial charge in [-0.2, -0.15) is 4.31 Å². The summed E-state index contributed by atoms with van der Waals surface area (Å²) in [4.78, 5) is 17.5. The minimum Gasteiger partial charge on any atom is -0.341 e. The van der Waals surface area contributed by atoms with Gasteiger partial charge in [0.2, 0.25) is 15.9 Å². The molecule has 0 N–H and O–H groups in total. The molecule has 0 unspecified atom stereocenters. The Kier molecular flexibility index (Phi) is 6.78. The van der Waals surface area contributed by atoms with E-state index in [2.05, 4.69) is 25.8 Å². The SMILES string of the molecule is CC(C)c1ccc(S(=O)(=O)N2CCC(C(=O)N3CCCN(C)CC3)CC2)cc1. The van der Waals surface area contributed by atoms with Crippen LogP contribution in [0.25, 0.3) is 0 Å². The first-order chi connectivity index (χ1) is 13.3. The zero-order chi connectivity index (χ0) is 20.3. The molecule has 0 saturated carbocycles. The molecule has 28 heavy (non-hydrogen) atoms. The summed E-state index contributed by atoms with van der Waals surface area (Å²) in [6, 6.07) is 7.19. The molecule has 2 heterocycles. The summed E-state index contributed by atoms with van der Waals surface area (Å²) in [6.45, 7) is 8.53. The van der Waals surface area contributed by atoms with Crippen LogP contribution in [-0.2, 0) is 14.8 Å². The molecule has 2 saturated heterocycles. The van der Waals surface area contributed by atoms with Gasteiger partial charge in [0.1, 0.15) is 0 Å². The van der Waals surface area contributed by atoms with E-state index in [4.69, 9.17) is 0 Å². The normalized spacial score (nSPS) is 21.1. The van der Waals surface area contributed by atoms with Crippen LogP contribution in [0.1, 0.15) is 44.6 Å². The highest BCUT2D eigenvalue weighted by Gasteiger charge is 2.34. The first-order valence-corrected chi connectivity index (χ1v) is 11.8. The van der Waals surface area contributed by atoms with E-state index in [0.29, 0.717) is 36.7 Å². The molecule has 2 aliphatic rings. The summed E-state index contributed by atoms with van der Waals surface area (Å²) in [7, 11) is -1.40. The van der Waals surface area contributed by atoms with E-state index in [-0.39, 0.29) is 11.8 Å². The minimum absolute atomic E-state index is 0.0572. The van der Waals surface area contributed by atoms with Crippen molar-refractivity contribution < 1.29 is 13.2 Å². The Morgan fingerprint density at radius 1 is 0.964 bits per heavy atom. The molecule has 1 amide bonds. The van der Waals surface area contributed by atoms with E-state index in [9.17, 15) is 13.2 Å². The third kappa shape index (κ3) is 4.75. The van der Waals surface area contributed by atoms with Crippen LogP contribution < -0.4 is 0 Å². The molecule has 0 atom stereocenters. The standard InChI is InChI=1S/C21H33N3O3S/c1-17(2)18-5-7-20(8-6-18)28(26,27)24-13-9-19(10-14-24)21(25)23-12-4-11-22(3)15-16-23/h5-8,17,19H,4,9-16H2,1-3H3. The second-order valence-electron chi connectivity index (χ2n) is 8.38. The highest BCUT2D eigenvalue weighted by molar-refractivity contribution is 7.89. The lowest BCUT2D eigenvalue weighted by molar-refractivity contribution is -0.136. The molecule has 2 fully saturated rings. The molecule has 7 heteroatoms. The Morgan fingerprint density at radius 3 is 2.21 bits per heavy atom. The van der Waals surface area contributed by atoms with Gasteiger partial charge in [0.25, 0.3) is 0 Å². The number of nitrogens with zero attached hydrogens (tertiary/aromatic N) is 3. The molecule has 3 rings (SSSR count). The third-order valence-corrected chi connectivity index (χ3v) is 7.93. The van der Waals surface area contributed by atoms with E-state index in [1.807, 2.05) is 17.0 Å². The summed E-state index contributed by atoms with van der Waals surface area (Å²) in [5.41, 5.74) is 1.13. The Balaban J connectivity index is 1.60. The van der Waals surface area contributed by atoms with Crippen molar-refractivity contribution in [3.05, 3.63) is 29.8 Å². The monoisotopic (exact) mass is 407 g/mol. The maximum absolute atomic E-state index is 13.0. The smallest absolute Gasteiger partial charge is 0.243 e. The number of rotatable bonds is 4. The molecule has 2 aliphatic heterocycles. The fourth-order valence-corrected chi connectivity index (χ4v) is 5.51. The van der Waals surface area contributed by atoms with Crippen molar-refractivity contribution in [1.29, 1.82) is 0 Å². The highest BCUT2D eigenvalue weighted by Crippen LogP contribution is 2.26. The van der Waals surface area contributed by atoms with Gasteiger partial charge in [0.05, 0.1) is 4.90 Å². The Hall–Kier alpha value is -1.44. The largest absolute Gasteiger partial charge is 0.341 e. The van der Waals surface area contributed by atoms with E-state index in [1.165, 1.54) is 4.31 Å². The fraction of sp³-hybridized carbons (Fsp3) is 0.667. The number of piperidine rings is 1. The number of amides is 1. The van der Waals surface area contributed by atoms with Gasteiger partial charge in [-0.1, -0.05) is 26.0 Å². The van der Waals surface area contributed by atoms with Crippen LogP contribution in [-0.4, -0.2) is 74.7 Å². The zero-order valence-corrected chi connectivity index (χ0v) is 18.1. The van der Waals surface area contributed by atoms with Gasteiger partial charge in [0.15, 0.2) is 0 Å². The second-order valence-corrected chi connectivity index (χ2v) is 10.3. The lowest BCUT2D eigenvalue weighted by atomic mass is 9.96. The second kappa shape index (κ2) is 8.93. The Bertz CT molecular complexity index is 769. The van der Waals surface area contributed by atoms with E-state index in [0.717, 1.165) is 38.2 Å². The van der Waals surface area contributed by atoms with E-state index >= 15 is 0 Å². The Labute approximate surface area is 169 Å². The summed E-state index contributed by atoms with van der Waals surface area (Å²) >= 11 is 0. The number of carbonyl (C=O) groups is 1. The molecular weight excluding hydrogens is 374 g/mol. The van der Waals surface area contributed by atoms with Crippen molar-refractivity contribution in [2.45, 2.75) is 43.9 Å². The van der Waals surface area contributed by atoms with Crippen LogP contribution in [0.15, 0.2) is 29.2 Å². The number of likely N-dealkylation sites (N-methyl/N-ethyl adjacent to an activating group) is 1. The van der Waals surface area contributed by atoms with Crippen LogP contribution in [0, 0.1) is 5.92 Å². The molecule has 0 spiro atoms. The summed E-state index contributed by atoms with van der Waals surface area (Å²) in [5, 5.41) is 0. The van der Waals surface area contributed by atoms with Gasteiger partial charge in [-0.3, -0.25) is 4.79 Å². The van der Waals surface area contributed by atoms with Crippen LogP contribution in [0.3, 0.4) is 0 Å². The molecule has 0 aliphatic carbocycles. The topological polar surface area (TPSA) is 60.9 Å². The van der Waals surface area contributed by atoms with Crippen molar-refractivity contribution in [3.8, 4) is 0 Å². The average Bonchev–Trinajstić information content (AvgIpc) is 2.92. The molecular formula is C21H33N3O3S. The molecule has 0 radical (unpaired) electrons. The van der Waals surface area contributed by atoms with Gasteiger partial charge in [-0.05, 0) is 56.5 Å². The number of carbonyl (C=O) groups excluding carboxylic acids is 1. The summed E-state index contributed by atoms with van der Waals surface area (Å²) < 4.78 is 27.4. The lowest BCUT2D eigenvalue weighted by Crippen LogP contribution is -2.45. The third-order valence-electron chi connectivity index (χ3n) is 6.02. The first-order valence-electron chi connectivity index (χ1n) is 10.4. The summed E-state index contributed by atoms with van der Waals surface area (Å²) in [6.07, 6.45) is 2.21. The molecule has 0 bridgehead atoms. The maximum atomic E-state index is 13.0. The van der Waals surface area contributed by atoms with Crippen molar-refractivity contribution in [1.82, 2.24) is 14.1 Å². The van der Waals surface area contributed by atoms with Gasteiger partial charge >= 0.3 is 0 Å². The van der Waals surface area contributed by atoms with Gasteiger partial charge in [-0.25, -0.2) is 8.42 Å². The quantitative estimate of drug-likeness (QED) is 0.769. The van der Waals surface area contributed by atoms with Crippen LogP contribution in [0.5, 0.6) is 0 Å². The van der Waals surface area contributed by atoms with Crippen molar-refractivity contribution >= 4 is 15.9 Å². The van der Waals surface area contributed by atoms with Crippen LogP contribution >= 0.6 is 0 Å². The van der Waals surface area contributed by atoms with Gasteiger partial charge in [0, 0.05) is 38.6 Å². The predicted molar refractivity (Wildman–Crippen MR) is 111 cm³/mol. The fourth-order valence-electron chi connectivity index (χ4n) is 4.04. The van der Waals surface area contributed by atoms with Crippen molar-refractivity contribution in [2.75, 3.05) is 46.3 Å². The number of benzene rings is 1. The van der Waals surface area contributed by atoms with Crippen LogP contribution in [0.2, 0.25) is 0 Å². The number of sulfonamides is 1. The lowest BCUT2D eigenvalue weighted by Gasteiger charge is -2.33. The minimum atomic E-state index is -3.49. The van der Waals surface area contributed by atoms with Crippen LogP contribution in [0.4, 0.5) is 0 Å². The summed E-state index contributed by atoms with van der Waals surface area (Å²) in [5.74, 6) is 0.518. The van der Waals surface area contributed by atoms with Gasteiger partial charge < -0.3 is 9.80 Å². The average molecular weight is 408 g/mol. The zero-order valence-electron chi connectivity index (χ0n) is 17.3. The van der Waals surface area contributed by atoms with Crippen molar-refractivity contribution in [2.24, 2.45) is 5.92 Å². The first kappa shape index (κ1) is 21.3. The number of hydrogen-bond donors (Lipinski definition) is 0. The van der Waals surface area contributed by atoms with Crippen molar-refractivity contribution in [3.63, 3.8) is 0 Å². The number of hydrogen-bond acceptors (Lipinski definition) is 4. The highest BCUT2D eigenvalue weighted by atomic mass is 32.2. The van der Waals surface area contributed by atoms with E-state index in [1.54, 1.807) is 12.1 Å². The van der Waals surface area contributed by atoms with Gasteiger partial charge in [-0.15, -0.1) is 0 Å². The molecule has 1 aromatic carbocycles. The predicted octanol–water partition coefficient (Wildman–Crippen LogP) is 2.37. The molecule has 6 nitrogen and oxygen atoms in total.